The number of nitrogens with zero attached hydrogens (tertiary/aromatic N) is 3. The van der Waals surface area contributed by atoms with Gasteiger partial charge in [-0.3, -0.25) is 14.2 Å². The molecule has 27 heavy (non-hydrogen) atoms. The third kappa shape index (κ3) is 3.35. The molecular formula is C18H20N4O5. The van der Waals surface area contributed by atoms with E-state index in [0.29, 0.717) is 29.3 Å². The number of methoxy groups -OCH3 is 2. The molecule has 0 saturated carbocycles. The monoisotopic (exact) mass is 372 g/mol. The van der Waals surface area contributed by atoms with Gasteiger partial charge in [0.1, 0.15) is 29.3 Å². The van der Waals surface area contributed by atoms with Gasteiger partial charge in [-0.05, 0) is 25.5 Å². The van der Waals surface area contributed by atoms with Crippen LogP contribution in [0.2, 0.25) is 0 Å². The number of hydrogen-bond donors (Lipinski definition) is 1. The van der Waals surface area contributed by atoms with Crippen molar-refractivity contribution in [3.63, 3.8) is 0 Å². The first-order valence-corrected chi connectivity index (χ1v) is 8.36. The van der Waals surface area contributed by atoms with E-state index >= 15 is 0 Å². The summed E-state index contributed by atoms with van der Waals surface area (Å²) in [5, 5.41) is 6.82. The molecule has 1 aromatic carbocycles. The highest BCUT2D eigenvalue weighted by Gasteiger charge is 2.24. The highest BCUT2D eigenvalue weighted by Crippen LogP contribution is 2.29. The molecule has 9 nitrogen and oxygen atoms in total. The summed E-state index contributed by atoms with van der Waals surface area (Å²) in [7, 11) is 3.04. The van der Waals surface area contributed by atoms with Crippen LogP contribution in [-0.2, 0) is 4.79 Å². The van der Waals surface area contributed by atoms with Crippen molar-refractivity contribution in [2.75, 3.05) is 19.5 Å². The molecule has 1 amide bonds. The number of ether oxygens (including phenoxy) is 2. The Balaban J connectivity index is 1.97. The quantitative estimate of drug-likeness (QED) is 0.707. The minimum atomic E-state index is -0.764. The Hall–Kier alpha value is -3.36. The maximum Gasteiger partial charge on any atom is 0.267 e. The van der Waals surface area contributed by atoms with Crippen molar-refractivity contribution in [1.29, 1.82) is 0 Å². The van der Waals surface area contributed by atoms with E-state index in [-0.39, 0.29) is 22.6 Å². The Kier molecular flexibility index (Phi) is 5.11. The number of hydrogen-bond acceptors (Lipinski definition) is 7. The summed E-state index contributed by atoms with van der Waals surface area (Å²) in [6.45, 7) is 3.46. The summed E-state index contributed by atoms with van der Waals surface area (Å²) in [6, 6.07) is 4.30. The minimum absolute atomic E-state index is 0.151. The van der Waals surface area contributed by atoms with E-state index in [1.54, 1.807) is 25.1 Å². The summed E-state index contributed by atoms with van der Waals surface area (Å²) < 4.78 is 16.8. The van der Waals surface area contributed by atoms with Crippen molar-refractivity contribution in [3.8, 4) is 11.5 Å². The van der Waals surface area contributed by atoms with E-state index in [1.807, 2.05) is 6.92 Å². The predicted octanol–water partition coefficient (Wildman–Crippen LogP) is 2.30. The van der Waals surface area contributed by atoms with E-state index in [2.05, 4.69) is 15.5 Å². The van der Waals surface area contributed by atoms with Crippen LogP contribution < -0.4 is 20.3 Å². The Morgan fingerprint density at radius 2 is 2.11 bits per heavy atom. The van der Waals surface area contributed by atoms with E-state index in [0.717, 1.165) is 0 Å². The Morgan fingerprint density at radius 1 is 1.33 bits per heavy atom. The molecule has 3 aromatic rings. The molecular weight excluding hydrogens is 352 g/mol. The van der Waals surface area contributed by atoms with Crippen LogP contribution in [0, 0.1) is 6.92 Å². The second-order valence-corrected chi connectivity index (χ2v) is 5.88. The molecule has 0 radical (unpaired) electrons. The van der Waals surface area contributed by atoms with Crippen LogP contribution >= 0.6 is 0 Å². The standard InChI is InChI=1S/C18H20N4O5/c1-5-13(22-9-19-17-15(18(22)24)10(2)21-27-17)16(23)20-12-8-11(25-3)6-7-14(12)26-4/h6-9,13H,5H2,1-4H3,(H,20,23)/t13-/m0/s1. The van der Waals surface area contributed by atoms with Crippen molar-refractivity contribution in [2.45, 2.75) is 26.3 Å². The smallest absolute Gasteiger partial charge is 0.267 e. The first kappa shape index (κ1) is 18.4. The summed E-state index contributed by atoms with van der Waals surface area (Å²) in [5.41, 5.74) is 0.655. The van der Waals surface area contributed by atoms with Gasteiger partial charge >= 0.3 is 0 Å². The summed E-state index contributed by atoms with van der Waals surface area (Å²) in [6.07, 6.45) is 1.68. The van der Waals surface area contributed by atoms with Gasteiger partial charge in [-0.25, -0.2) is 4.98 Å². The normalized spacial score (nSPS) is 12.0. The number of rotatable bonds is 6. The SMILES string of the molecule is CC[C@@H](C(=O)Nc1cc(OC)ccc1OC)n1cnc2onc(C)c2c1=O. The maximum atomic E-state index is 12.9. The van der Waals surface area contributed by atoms with Crippen LogP contribution in [0.15, 0.2) is 33.8 Å². The molecule has 0 aliphatic carbocycles. The lowest BCUT2D eigenvalue weighted by Gasteiger charge is -2.18. The molecule has 0 fully saturated rings. The molecule has 0 aliphatic rings. The first-order chi connectivity index (χ1) is 13.0. The van der Waals surface area contributed by atoms with Crippen LogP contribution in [0.5, 0.6) is 11.5 Å². The number of aromatic nitrogens is 3. The summed E-state index contributed by atoms with van der Waals surface area (Å²) in [5.74, 6) is 0.677. The van der Waals surface area contributed by atoms with Crippen LogP contribution in [0.4, 0.5) is 5.69 Å². The number of carbonyl (C=O) groups is 1. The molecule has 3 rings (SSSR count). The average molecular weight is 372 g/mol. The van der Waals surface area contributed by atoms with Gasteiger partial charge in [-0.1, -0.05) is 12.1 Å². The summed E-state index contributed by atoms with van der Waals surface area (Å²) >= 11 is 0. The fourth-order valence-electron chi connectivity index (χ4n) is 2.85. The number of fused-ring (bicyclic) bond motifs is 1. The number of aryl methyl sites for hydroxylation is 1. The van der Waals surface area contributed by atoms with E-state index in [9.17, 15) is 9.59 Å². The zero-order chi connectivity index (χ0) is 19.6. The van der Waals surface area contributed by atoms with Crippen molar-refractivity contribution in [1.82, 2.24) is 14.7 Å². The third-order valence-electron chi connectivity index (χ3n) is 4.28. The second kappa shape index (κ2) is 7.48. The minimum Gasteiger partial charge on any atom is -0.497 e. The molecule has 0 bridgehead atoms. The van der Waals surface area contributed by atoms with Gasteiger partial charge in [-0.2, -0.15) is 0 Å². The molecule has 0 saturated heterocycles. The molecule has 2 aromatic heterocycles. The lowest BCUT2D eigenvalue weighted by atomic mass is 10.2. The molecule has 2 heterocycles. The van der Waals surface area contributed by atoms with Gasteiger partial charge in [0.05, 0.1) is 25.6 Å². The molecule has 0 unspecified atom stereocenters. The van der Waals surface area contributed by atoms with Gasteiger partial charge < -0.3 is 19.3 Å². The van der Waals surface area contributed by atoms with Crippen molar-refractivity contribution in [3.05, 3.63) is 40.6 Å². The lowest BCUT2D eigenvalue weighted by Crippen LogP contribution is -2.33. The number of nitrogens with one attached hydrogen (secondary N) is 1. The van der Waals surface area contributed by atoms with Gasteiger partial charge in [0.15, 0.2) is 0 Å². The molecule has 0 aliphatic heterocycles. The third-order valence-corrected chi connectivity index (χ3v) is 4.28. The largest absolute Gasteiger partial charge is 0.497 e. The number of benzene rings is 1. The molecule has 1 N–H and O–H groups in total. The maximum absolute atomic E-state index is 12.9. The zero-order valence-electron chi connectivity index (χ0n) is 15.5. The number of amides is 1. The second-order valence-electron chi connectivity index (χ2n) is 5.88. The zero-order valence-corrected chi connectivity index (χ0v) is 15.5. The highest BCUT2D eigenvalue weighted by molar-refractivity contribution is 5.95. The van der Waals surface area contributed by atoms with Crippen LogP contribution in [0.3, 0.4) is 0 Å². The van der Waals surface area contributed by atoms with Crippen LogP contribution in [0.25, 0.3) is 11.1 Å². The molecule has 9 heteroatoms. The topological polar surface area (TPSA) is 108 Å². The van der Waals surface area contributed by atoms with E-state index in [1.165, 1.54) is 25.1 Å². The molecule has 142 valence electrons. The van der Waals surface area contributed by atoms with E-state index in [4.69, 9.17) is 14.0 Å². The van der Waals surface area contributed by atoms with Crippen LogP contribution in [-0.4, -0.2) is 34.8 Å². The van der Waals surface area contributed by atoms with Crippen LogP contribution in [0.1, 0.15) is 25.1 Å². The number of anilines is 1. The molecule has 0 spiro atoms. The number of carbonyl (C=O) groups excluding carboxylic acids is 1. The van der Waals surface area contributed by atoms with Crippen molar-refractivity contribution in [2.24, 2.45) is 0 Å². The van der Waals surface area contributed by atoms with Gasteiger partial charge in [0, 0.05) is 6.07 Å². The first-order valence-electron chi connectivity index (χ1n) is 8.36. The lowest BCUT2D eigenvalue weighted by molar-refractivity contribution is -0.119. The van der Waals surface area contributed by atoms with E-state index < -0.39 is 6.04 Å². The summed E-state index contributed by atoms with van der Waals surface area (Å²) in [4.78, 5) is 29.8. The van der Waals surface area contributed by atoms with Crippen molar-refractivity contribution >= 4 is 22.7 Å². The van der Waals surface area contributed by atoms with Gasteiger partial charge in [0.2, 0.25) is 5.91 Å². The fraction of sp³-hybridized carbons (Fsp3) is 0.333. The van der Waals surface area contributed by atoms with Gasteiger partial charge in [-0.15, -0.1) is 0 Å². The van der Waals surface area contributed by atoms with Gasteiger partial charge in [0.25, 0.3) is 11.3 Å². The van der Waals surface area contributed by atoms with Crippen molar-refractivity contribution < 1.29 is 18.8 Å². The average Bonchev–Trinajstić information content (AvgIpc) is 3.05. The fourth-order valence-corrected chi connectivity index (χ4v) is 2.85. The Bertz CT molecular complexity index is 1040. The Morgan fingerprint density at radius 3 is 2.78 bits per heavy atom. The predicted molar refractivity (Wildman–Crippen MR) is 98.3 cm³/mol. The molecule has 1 atom stereocenters. The Labute approximate surface area is 154 Å². The highest BCUT2D eigenvalue weighted by atomic mass is 16.5.